The maximum atomic E-state index is 14.5. The van der Waals surface area contributed by atoms with Crippen molar-refractivity contribution in [2.45, 2.75) is 37.4 Å². The number of halogens is 2. The number of aliphatic imine (C=N–C) groups is 1. The van der Waals surface area contributed by atoms with Gasteiger partial charge in [-0.15, -0.1) is 0 Å². The third kappa shape index (κ3) is 4.72. The molecule has 0 saturated carbocycles. The second kappa shape index (κ2) is 10.0. The fourth-order valence-electron chi connectivity index (χ4n) is 4.96. The van der Waals surface area contributed by atoms with Crippen molar-refractivity contribution in [2.24, 2.45) is 16.8 Å². The van der Waals surface area contributed by atoms with Crippen LogP contribution in [0.25, 0.3) is 0 Å². The van der Waals surface area contributed by atoms with Crippen LogP contribution in [0.1, 0.15) is 31.5 Å². The first-order valence-electron chi connectivity index (χ1n) is 11.7. The van der Waals surface area contributed by atoms with E-state index in [1.807, 2.05) is 19.1 Å². The Labute approximate surface area is 216 Å². The van der Waals surface area contributed by atoms with Gasteiger partial charge in [-0.25, -0.2) is 22.5 Å². The summed E-state index contributed by atoms with van der Waals surface area (Å²) >= 11 is 5.83. The molecule has 2 aromatic heterocycles. The third-order valence-corrected chi connectivity index (χ3v) is 8.92. The minimum Gasteiger partial charge on any atom is -0.291 e. The summed E-state index contributed by atoms with van der Waals surface area (Å²) in [5.41, 5.74) is 2.33. The van der Waals surface area contributed by atoms with Crippen molar-refractivity contribution in [3.63, 3.8) is 0 Å². The number of hydrogen-bond donors (Lipinski definition) is 1. The second-order valence-corrected chi connectivity index (χ2v) is 11.5. The van der Waals surface area contributed by atoms with E-state index < -0.39 is 15.8 Å². The summed E-state index contributed by atoms with van der Waals surface area (Å²) in [6.07, 6.45) is 6.27. The van der Waals surface area contributed by atoms with Crippen LogP contribution in [0.15, 0.2) is 58.8 Å². The van der Waals surface area contributed by atoms with Gasteiger partial charge in [0.15, 0.2) is 0 Å². The van der Waals surface area contributed by atoms with Crippen LogP contribution in [0, 0.1) is 17.7 Å². The predicted molar refractivity (Wildman–Crippen MR) is 137 cm³/mol. The number of hydrogen-bond acceptors (Lipinski definition) is 6. The summed E-state index contributed by atoms with van der Waals surface area (Å²) in [5.74, 6) is -0.544. The van der Waals surface area contributed by atoms with Gasteiger partial charge in [0.2, 0.25) is 10.0 Å². The molecule has 1 fully saturated rings. The van der Waals surface area contributed by atoms with Crippen LogP contribution in [-0.4, -0.2) is 54.1 Å². The van der Waals surface area contributed by atoms with Crippen LogP contribution in [-0.2, 0) is 16.6 Å². The topological polar surface area (TPSA) is 92.5 Å². The number of piperidine rings is 1. The monoisotopic (exact) mass is 526 g/mol. The molecule has 5 rings (SSSR count). The summed E-state index contributed by atoms with van der Waals surface area (Å²) in [5, 5.41) is 8.12. The van der Waals surface area contributed by atoms with Gasteiger partial charge in [0.1, 0.15) is 30.5 Å². The van der Waals surface area contributed by atoms with Crippen molar-refractivity contribution >= 4 is 46.5 Å². The van der Waals surface area contributed by atoms with Gasteiger partial charge in [-0.05, 0) is 48.1 Å². The zero-order chi connectivity index (χ0) is 25.4. The number of fused-ring (bicyclic) bond motifs is 1. The molecule has 1 N–H and O–H groups in total. The molecule has 2 aliphatic rings. The number of aromatic nitrogens is 3. The van der Waals surface area contributed by atoms with E-state index >= 15 is 0 Å². The van der Waals surface area contributed by atoms with E-state index in [4.69, 9.17) is 24.4 Å². The van der Waals surface area contributed by atoms with E-state index in [1.165, 1.54) is 16.4 Å². The van der Waals surface area contributed by atoms with Crippen LogP contribution in [0.4, 0.5) is 10.2 Å². The Morgan fingerprint density at radius 3 is 2.86 bits per heavy atom. The van der Waals surface area contributed by atoms with Crippen molar-refractivity contribution < 1.29 is 12.8 Å². The van der Waals surface area contributed by atoms with Gasteiger partial charge in [-0.1, -0.05) is 24.6 Å². The molecule has 3 aromatic rings. The average Bonchev–Trinajstić information content (AvgIpc) is 3.23. The van der Waals surface area contributed by atoms with Crippen LogP contribution in [0.2, 0.25) is 5.02 Å². The van der Waals surface area contributed by atoms with E-state index in [9.17, 15) is 12.8 Å². The highest BCUT2D eigenvalue weighted by Gasteiger charge is 2.39. The molecule has 36 heavy (non-hydrogen) atoms. The molecule has 8 nitrogen and oxygen atoms in total. The Bertz CT molecular complexity index is 1400. The van der Waals surface area contributed by atoms with Gasteiger partial charge in [0.05, 0.1) is 0 Å². The zero-order valence-electron chi connectivity index (χ0n) is 19.7. The Kier molecular flexibility index (Phi) is 7.00. The molecule has 1 aromatic carbocycles. The lowest BCUT2D eigenvalue weighted by molar-refractivity contribution is 0.276. The van der Waals surface area contributed by atoms with Crippen molar-refractivity contribution in [3.8, 4) is 0 Å². The van der Waals surface area contributed by atoms with Gasteiger partial charge in [-0.2, -0.15) is 9.40 Å². The van der Waals surface area contributed by atoms with Gasteiger partial charge >= 0.3 is 0 Å². The summed E-state index contributed by atoms with van der Waals surface area (Å²) in [6, 6.07) is 7.49. The molecular weight excluding hydrogens is 502 g/mol. The lowest BCUT2D eigenvalue weighted by atomic mass is 9.84. The van der Waals surface area contributed by atoms with E-state index in [0.29, 0.717) is 30.8 Å². The number of nitrogens with zero attached hydrogens (tertiary/aromatic N) is 5. The fraction of sp³-hybridized carbons (Fsp3) is 0.375. The average molecular weight is 527 g/mol. The number of rotatable bonds is 6. The first-order valence-corrected chi connectivity index (χ1v) is 13.6. The van der Waals surface area contributed by atoms with Crippen LogP contribution in [0.5, 0.6) is 0 Å². The minimum atomic E-state index is -4.04. The Morgan fingerprint density at radius 2 is 2.11 bits per heavy atom. The van der Waals surface area contributed by atoms with E-state index in [-0.39, 0.29) is 34.5 Å². The SMILES string of the molecule is [B]c1cnn2c1N=C(C1CCCN(S(=O)(=O)c3ccc(Cl)cc3F)C1)C(C)C2NCc1cccnc1. The molecule has 3 atom stereocenters. The Hall–Kier alpha value is -2.60. The van der Waals surface area contributed by atoms with Gasteiger partial charge in [-0.3, -0.25) is 10.3 Å². The number of sulfonamides is 1. The largest absolute Gasteiger partial charge is 0.291 e. The maximum absolute atomic E-state index is 14.5. The molecule has 186 valence electrons. The van der Waals surface area contributed by atoms with E-state index in [2.05, 4.69) is 15.4 Å². The smallest absolute Gasteiger partial charge is 0.246 e. The zero-order valence-corrected chi connectivity index (χ0v) is 21.3. The molecule has 0 aliphatic carbocycles. The highest BCUT2D eigenvalue weighted by molar-refractivity contribution is 7.89. The summed E-state index contributed by atoms with van der Waals surface area (Å²) in [6.45, 7) is 3.13. The maximum Gasteiger partial charge on any atom is 0.246 e. The third-order valence-electron chi connectivity index (χ3n) is 6.79. The van der Waals surface area contributed by atoms with E-state index in [1.54, 1.807) is 23.3 Å². The molecule has 12 heteroatoms. The highest BCUT2D eigenvalue weighted by atomic mass is 35.5. The van der Waals surface area contributed by atoms with E-state index in [0.717, 1.165) is 23.8 Å². The Balaban J connectivity index is 1.42. The minimum absolute atomic E-state index is 0.0895. The lowest BCUT2D eigenvalue weighted by Gasteiger charge is -2.38. The van der Waals surface area contributed by atoms with Crippen molar-refractivity contribution in [3.05, 3.63) is 65.3 Å². The van der Waals surface area contributed by atoms with Crippen LogP contribution < -0.4 is 10.8 Å². The second-order valence-electron chi connectivity index (χ2n) is 9.16. The summed E-state index contributed by atoms with van der Waals surface area (Å²) in [4.78, 5) is 8.66. The number of pyridine rings is 1. The van der Waals surface area contributed by atoms with Crippen LogP contribution >= 0.6 is 11.6 Å². The van der Waals surface area contributed by atoms with Gasteiger partial charge in [0.25, 0.3) is 0 Å². The first kappa shape index (κ1) is 25.1. The number of nitrogens with one attached hydrogen (secondary N) is 1. The van der Waals surface area contributed by atoms with Crippen LogP contribution in [0.3, 0.4) is 0 Å². The van der Waals surface area contributed by atoms with Crippen molar-refractivity contribution in [1.82, 2.24) is 24.4 Å². The molecule has 1 saturated heterocycles. The standard InChI is InChI=1S/C24H25BClFN6O2S/c1-15-22(17-5-3-9-32(14-17)36(34,35)21-7-6-18(26)10-20(21)27)31-24-19(25)13-30-33(24)23(15)29-12-16-4-2-8-28-11-16/h2,4,6-8,10-11,13,15,17,23,29H,3,5,9,12,14H2,1H3. The van der Waals surface area contributed by atoms with Gasteiger partial charge < -0.3 is 0 Å². The molecule has 2 aliphatic heterocycles. The highest BCUT2D eigenvalue weighted by Crippen LogP contribution is 2.35. The fourth-order valence-corrected chi connectivity index (χ4v) is 6.69. The van der Waals surface area contributed by atoms with Crippen molar-refractivity contribution in [1.29, 1.82) is 0 Å². The molecule has 0 bridgehead atoms. The van der Waals surface area contributed by atoms with Crippen molar-refractivity contribution in [2.75, 3.05) is 13.1 Å². The quantitative estimate of drug-likeness (QED) is 0.499. The molecule has 2 radical (unpaired) electrons. The predicted octanol–water partition coefficient (Wildman–Crippen LogP) is 2.98. The Morgan fingerprint density at radius 1 is 1.28 bits per heavy atom. The molecule has 0 spiro atoms. The number of benzene rings is 1. The molecule has 3 unspecified atom stereocenters. The van der Waals surface area contributed by atoms with Gasteiger partial charge in [0, 0.05) is 60.8 Å². The lowest BCUT2D eigenvalue weighted by Crippen LogP contribution is -2.47. The normalized spacial score (nSPS) is 22.8. The summed E-state index contributed by atoms with van der Waals surface area (Å²) in [7, 11) is 2.15. The molecular formula is C24H25BClFN6O2S. The first-order chi connectivity index (χ1) is 17.3. The summed E-state index contributed by atoms with van der Waals surface area (Å²) < 4.78 is 44.3. The molecule has 0 amide bonds. The molecule has 4 heterocycles.